The van der Waals surface area contributed by atoms with E-state index in [1.54, 1.807) is 33.4 Å². The summed E-state index contributed by atoms with van der Waals surface area (Å²) in [5, 5.41) is 11.8. The van der Waals surface area contributed by atoms with Crippen molar-refractivity contribution in [2.75, 3.05) is 34.4 Å². The van der Waals surface area contributed by atoms with Crippen LogP contribution in [-0.2, 0) is 16.1 Å². The number of methoxy groups -OCH3 is 2. The molecular weight excluding hydrogens is 294 g/mol. The summed E-state index contributed by atoms with van der Waals surface area (Å²) in [4.78, 5) is 14.6. The molecule has 1 aromatic carbocycles. The second-order valence-corrected chi connectivity index (χ2v) is 5.71. The smallest absolute Gasteiger partial charge is 0.242 e. The molecule has 1 amide bonds. The number of hydrogen-bond donors (Lipinski definition) is 1. The highest BCUT2D eigenvalue weighted by Crippen LogP contribution is 2.33. The second kappa shape index (κ2) is 7.44. The Morgan fingerprint density at radius 2 is 2.26 bits per heavy atom. The van der Waals surface area contributed by atoms with Crippen molar-refractivity contribution < 1.29 is 14.3 Å². The molecule has 23 heavy (non-hydrogen) atoms. The number of amides is 1. The maximum atomic E-state index is 12.5. The van der Waals surface area contributed by atoms with Crippen molar-refractivity contribution in [3.05, 3.63) is 29.3 Å². The molecule has 1 N–H and O–H groups in total. The van der Waals surface area contributed by atoms with Gasteiger partial charge in [-0.25, -0.2) is 0 Å². The van der Waals surface area contributed by atoms with Gasteiger partial charge < -0.3 is 14.8 Å². The fourth-order valence-corrected chi connectivity index (χ4v) is 3.27. The SMILES string of the molecule is CNC(=O)C1(COC)CCCN1Cc1ccc(C#N)cc1OC. The molecule has 1 fully saturated rings. The van der Waals surface area contributed by atoms with Crippen LogP contribution < -0.4 is 10.1 Å². The van der Waals surface area contributed by atoms with Crippen LogP contribution in [0.1, 0.15) is 24.0 Å². The first-order valence-electron chi connectivity index (χ1n) is 7.64. The Bertz CT molecular complexity index is 612. The minimum absolute atomic E-state index is 0.0236. The number of ether oxygens (including phenoxy) is 2. The van der Waals surface area contributed by atoms with Crippen LogP contribution in [0.3, 0.4) is 0 Å². The van der Waals surface area contributed by atoms with Crippen LogP contribution in [0.2, 0.25) is 0 Å². The summed E-state index contributed by atoms with van der Waals surface area (Å²) in [6.45, 7) is 1.75. The van der Waals surface area contributed by atoms with Crippen molar-refractivity contribution in [2.24, 2.45) is 0 Å². The van der Waals surface area contributed by atoms with E-state index < -0.39 is 5.54 Å². The summed E-state index contributed by atoms with van der Waals surface area (Å²) in [6.07, 6.45) is 1.70. The van der Waals surface area contributed by atoms with Gasteiger partial charge in [-0.3, -0.25) is 9.69 Å². The van der Waals surface area contributed by atoms with Gasteiger partial charge in [0.25, 0.3) is 0 Å². The Balaban J connectivity index is 2.30. The van der Waals surface area contributed by atoms with E-state index in [4.69, 9.17) is 14.7 Å². The van der Waals surface area contributed by atoms with Crippen LogP contribution in [0.4, 0.5) is 0 Å². The number of carbonyl (C=O) groups excluding carboxylic acids is 1. The van der Waals surface area contributed by atoms with Crippen LogP contribution in [0.5, 0.6) is 5.75 Å². The molecule has 6 nitrogen and oxygen atoms in total. The van der Waals surface area contributed by atoms with Gasteiger partial charge in [0, 0.05) is 26.3 Å². The molecule has 1 aliphatic heterocycles. The third kappa shape index (κ3) is 3.31. The third-order valence-corrected chi connectivity index (χ3v) is 4.43. The second-order valence-electron chi connectivity index (χ2n) is 5.71. The molecule has 124 valence electrons. The first-order chi connectivity index (χ1) is 11.1. The van der Waals surface area contributed by atoms with E-state index in [2.05, 4.69) is 16.3 Å². The minimum Gasteiger partial charge on any atom is -0.496 e. The molecule has 1 aliphatic rings. The fraction of sp³-hybridized carbons (Fsp3) is 0.529. The fourth-order valence-electron chi connectivity index (χ4n) is 3.27. The molecule has 0 aliphatic carbocycles. The largest absolute Gasteiger partial charge is 0.496 e. The Morgan fingerprint density at radius 1 is 1.48 bits per heavy atom. The molecule has 0 aromatic heterocycles. The van der Waals surface area contributed by atoms with Crippen LogP contribution in [-0.4, -0.2) is 50.8 Å². The van der Waals surface area contributed by atoms with E-state index in [-0.39, 0.29) is 5.91 Å². The lowest BCUT2D eigenvalue weighted by Gasteiger charge is -2.36. The van der Waals surface area contributed by atoms with E-state index in [9.17, 15) is 4.79 Å². The zero-order chi connectivity index (χ0) is 16.9. The summed E-state index contributed by atoms with van der Waals surface area (Å²) in [7, 11) is 4.85. The van der Waals surface area contributed by atoms with Crippen molar-refractivity contribution in [1.82, 2.24) is 10.2 Å². The lowest BCUT2D eigenvalue weighted by molar-refractivity contribution is -0.135. The predicted octanol–water partition coefficient (Wildman–Crippen LogP) is 1.29. The van der Waals surface area contributed by atoms with Gasteiger partial charge in [-0.2, -0.15) is 5.26 Å². The first kappa shape index (κ1) is 17.3. The average molecular weight is 317 g/mol. The molecule has 0 spiro atoms. The summed E-state index contributed by atoms with van der Waals surface area (Å²) in [5.41, 5.74) is 0.863. The quantitative estimate of drug-likeness (QED) is 0.856. The maximum Gasteiger partial charge on any atom is 0.242 e. The Hall–Kier alpha value is -2.10. The van der Waals surface area contributed by atoms with Crippen molar-refractivity contribution >= 4 is 5.91 Å². The van der Waals surface area contributed by atoms with E-state index in [0.29, 0.717) is 24.5 Å². The Labute approximate surface area is 137 Å². The summed E-state index contributed by atoms with van der Waals surface area (Å²) in [6, 6.07) is 7.49. The summed E-state index contributed by atoms with van der Waals surface area (Å²) >= 11 is 0. The molecule has 2 rings (SSSR count). The van der Waals surface area contributed by atoms with E-state index in [0.717, 1.165) is 24.9 Å². The van der Waals surface area contributed by atoms with Gasteiger partial charge in [0.15, 0.2) is 0 Å². The summed E-state index contributed by atoms with van der Waals surface area (Å²) < 4.78 is 10.7. The molecule has 1 heterocycles. The third-order valence-electron chi connectivity index (χ3n) is 4.43. The van der Waals surface area contributed by atoms with Gasteiger partial charge in [-0.05, 0) is 31.5 Å². The van der Waals surface area contributed by atoms with Crippen molar-refractivity contribution in [3.8, 4) is 11.8 Å². The molecule has 1 atom stereocenters. The number of likely N-dealkylation sites (N-methyl/N-ethyl adjacent to an activating group) is 1. The number of benzene rings is 1. The number of likely N-dealkylation sites (tertiary alicyclic amines) is 1. The number of nitriles is 1. The van der Waals surface area contributed by atoms with E-state index >= 15 is 0 Å². The zero-order valence-electron chi connectivity index (χ0n) is 13.9. The van der Waals surface area contributed by atoms with Gasteiger partial charge in [0.2, 0.25) is 5.91 Å². The molecule has 0 bridgehead atoms. The van der Waals surface area contributed by atoms with E-state index in [1.165, 1.54) is 0 Å². The molecule has 1 aromatic rings. The Morgan fingerprint density at radius 3 is 2.87 bits per heavy atom. The van der Waals surface area contributed by atoms with Crippen molar-refractivity contribution in [2.45, 2.75) is 24.9 Å². The van der Waals surface area contributed by atoms with Crippen molar-refractivity contribution in [3.63, 3.8) is 0 Å². The number of rotatable bonds is 6. The average Bonchev–Trinajstić information content (AvgIpc) is 2.98. The van der Waals surface area contributed by atoms with Gasteiger partial charge in [-0.15, -0.1) is 0 Å². The first-order valence-corrected chi connectivity index (χ1v) is 7.64. The van der Waals surface area contributed by atoms with Gasteiger partial charge in [0.05, 0.1) is 25.3 Å². The minimum atomic E-state index is -0.650. The van der Waals surface area contributed by atoms with Gasteiger partial charge in [-0.1, -0.05) is 6.07 Å². The van der Waals surface area contributed by atoms with Gasteiger partial charge in [0.1, 0.15) is 11.3 Å². The maximum absolute atomic E-state index is 12.5. The number of hydrogen-bond acceptors (Lipinski definition) is 5. The predicted molar refractivity (Wildman–Crippen MR) is 86.0 cm³/mol. The summed E-state index contributed by atoms with van der Waals surface area (Å²) in [5.74, 6) is 0.642. The molecule has 0 radical (unpaired) electrons. The lowest BCUT2D eigenvalue weighted by atomic mass is 9.95. The normalized spacial score (nSPS) is 21.0. The van der Waals surface area contributed by atoms with Gasteiger partial charge >= 0.3 is 0 Å². The molecule has 6 heteroatoms. The number of nitrogens with one attached hydrogen (secondary N) is 1. The lowest BCUT2D eigenvalue weighted by Crippen LogP contribution is -2.57. The molecule has 1 unspecified atom stereocenters. The van der Waals surface area contributed by atoms with Crippen LogP contribution in [0, 0.1) is 11.3 Å². The number of carbonyl (C=O) groups is 1. The molecule has 0 saturated carbocycles. The Kier molecular flexibility index (Phi) is 5.59. The topological polar surface area (TPSA) is 74.6 Å². The monoisotopic (exact) mass is 317 g/mol. The number of nitrogens with zero attached hydrogens (tertiary/aromatic N) is 2. The molecular formula is C17H23N3O3. The van der Waals surface area contributed by atoms with Crippen LogP contribution in [0.25, 0.3) is 0 Å². The highest BCUT2D eigenvalue weighted by molar-refractivity contribution is 5.86. The zero-order valence-corrected chi connectivity index (χ0v) is 13.9. The van der Waals surface area contributed by atoms with E-state index in [1.807, 2.05) is 6.07 Å². The molecule has 1 saturated heterocycles. The van der Waals surface area contributed by atoms with Crippen LogP contribution in [0.15, 0.2) is 18.2 Å². The highest BCUT2D eigenvalue weighted by atomic mass is 16.5. The van der Waals surface area contributed by atoms with Crippen LogP contribution >= 0.6 is 0 Å². The standard InChI is InChI=1S/C17H23N3O3/c1-19-16(21)17(12-22-2)7-4-8-20(17)11-14-6-5-13(10-18)9-15(14)23-3/h5-6,9H,4,7-8,11-12H2,1-3H3,(H,19,21). The highest BCUT2D eigenvalue weighted by Gasteiger charge is 2.47. The van der Waals surface area contributed by atoms with Crippen molar-refractivity contribution in [1.29, 1.82) is 5.26 Å².